The lowest BCUT2D eigenvalue weighted by Crippen LogP contribution is -1.88. The fourth-order valence-electron chi connectivity index (χ4n) is 2.35. The van der Waals surface area contributed by atoms with Crippen LogP contribution >= 0.6 is 0 Å². The number of nitroso groups, excluding NO2 is 1. The van der Waals surface area contributed by atoms with Crippen LogP contribution in [0, 0.1) is 4.91 Å². The van der Waals surface area contributed by atoms with E-state index in [0.29, 0.717) is 11.3 Å². The van der Waals surface area contributed by atoms with E-state index in [1.54, 1.807) is 22.7 Å². The Bertz CT molecular complexity index is 791. The number of rotatable bonds is 4. The van der Waals surface area contributed by atoms with Crippen molar-refractivity contribution in [1.82, 2.24) is 9.38 Å². The van der Waals surface area contributed by atoms with Gasteiger partial charge in [-0.05, 0) is 34.9 Å². The molecule has 0 saturated heterocycles. The van der Waals surface area contributed by atoms with Gasteiger partial charge in [0.2, 0.25) is 5.82 Å². The van der Waals surface area contributed by atoms with E-state index in [4.69, 9.17) is 0 Å². The van der Waals surface area contributed by atoms with Crippen LogP contribution in [0.25, 0.3) is 16.9 Å². The minimum Gasteiger partial charge on any atom is -0.392 e. The molecule has 0 saturated carbocycles. The highest BCUT2D eigenvalue weighted by Gasteiger charge is 2.15. The maximum absolute atomic E-state index is 11.2. The second-order valence-electron chi connectivity index (χ2n) is 4.85. The van der Waals surface area contributed by atoms with Crippen LogP contribution in [0.4, 0.5) is 5.82 Å². The molecule has 5 nitrogen and oxygen atoms in total. The lowest BCUT2D eigenvalue weighted by Gasteiger charge is -2.00. The number of fused-ring (bicyclic) bond motifs is 1. The summed E-state index contributed by atoms with van der Waals surface area (Å²) in [6.45, 7) is 2.03. The number of imidazole rings is 1. The fourth-order valence-corrected chi connectivity index (χ4v) is 2.35. The lowest BCUT2D eigenvalue weighted by atomic mass is 10.1. The Hall–Kier alpha value is -2.53. The number of pyridine rings is 1. The number of benzene rings is 1. The summed E-state index contributed by atoms with van der Waals surface area (Å²) in [5.74, 6) is 0.277. The molecule has 21 heavy (non-hydrogen) atoms. The molecule has 0 fully saturated rings. The van der Waals surface area contributed by atoms with Gasteiger partial charge in [0.1, 0.15) is 11.3 Å². The van der Waals surface area contributed by atoms with Crippen molar-refractivity contribution in [3.63, 3.8) is 0 Å². The van der Waals surface area contributed by atoms with E-state index >= 15 is 0 Å². The van der Waals surface area contributed by atoms with Crippen molar-refractivity contribution in [3.05, 3.63) is 58.6 Å². The third kappa shape index (κ3) is 2.32. The van der Waals surface area contributed by atoms with Gasteiger partial charge in [0.15, 0.2) is 0 Å². The maximum Gasteiger partial charge on any atom is 0.209 e. The summed E-state index contributed by atoms with van der Waals surface area (Å²) >= 11 is 0. The zero-order valence-corrected chi connectivity index (χ0v) is 11.7. The number of hydrogen-bond acceptors (Lipinski definition) is 4. The summed E-state index contributed by atoms with van der Waals surface area (Å²) in [4.78, 5) is 15.7. The third-order valence-corrected chi connectivity index (χ3v) is 3.57. The predicted molar refractivity (Wildman–Crippen MR) is 81.4 cm³/mol. The SMILES string of the molecule is CCc1ccc(-c2nc3cc(CO)ccn3c2N=O)cc1. The molecule has 0 aliphatic heterocycles. The van der Waals surface area contributed by atoms with Crippen molar-refractivity contribution in [2.45, 2.75) is 20.0 Å². The second-order valence-corrected chi connectivity index (χ2v) is 4.85. The zero-order chi connectivity index (χ0) is 14.8. The Morgan fingerprint density at radius 3 is 2.57 bits per heavy atom. The first-order valence-corrected chi connectivity index (χ1v) is 6.81. The van der Waals surface area contributed by atoms with Gasteiger partial charge >= 0.3 is 0 Å². The van der Waals surface area contributed by atoms with Crippen molar-refractivity contribution >= 4 is 11.5 Å². The molecule has 106 valence electrons. The van der Waals surface area contributed by atoms with Crippen molar-refractivity contribution in [1.29, 1.82) is 0 Å². The molecular weight excluding hydrogens is 266 g/mol. The van der Waals surface area contributed by atoms with Crippen molar-refractivity contribution in [3.8, 4) is 11.3 Å². The van der Waals surface area contributed by atoms with Gasteiger partial charge < -0.3 is 5.11 Å². The molecule has 0 atom stereocenters. The maximum atomic E-state index is 11.2. The van der Waals surface area contributed by atoms with Crippen LogP contribution in [0.15, 0.2) is 47.8 Å². The van der Waals surface area contributed by atoms with Crippen LogP contribution in [-0.4, -0.2) is 14.5 Å². The molecule has 0 amide bonds. The molecule has 0 unspecified atom stereocenters. The number of nitrogens with zero attached hydrogens (tertiary/aromatic N) is 3. The predicted octanol–water partition coefficient (Wildman–Crippen LogP) is 3.45. The molecule has 2 heterocycles. The average Bonchev–Trinajstić information content (AvgIpc) is 2.92. The van der Waals surface area contributed by atoms with E-state index in [2.05, 4.69) is 17.1 Å². The number of aromatic nitrogens is 2. The number of aliphatic hydroxyl groups is 1. The molecule has 3 rings (SSSR count). The van der Waals surface area contributed by atoms with Gasteiger partial charge in [-0.3, -0.25) is 4.40 Å². The molecule has 1 aromatic carbocycles. The van der Waals surface area contributed by atoms with Crippen LogP contribution in [0.5, 0.6) is 0 Å². The first-order valence-electron chi connectivity index (χ1n) is 6.81. The summed E-state index contributed by atoms with van der Waals surface area (Å²) in [6.07, 6.45) is 2.67. The molecule has 3 aromatic rings. The van der Waals surface area contributed by atoms with Crippen molar-refractivity contribution in [2.24, 2.45) is 5.18 Å². The van der Waals surface area contributed by atoms with Gasteiger partial charge in [-0.25, -0.2) is 4.98 Å². The summed E-state index contributed by atoms with van der Waals surface area (Å²) in [5.41, 5.74) is 3.99. The van der Waals surface area contributed by atoms with E-state index in [-0.39, 0.29) is 12.4 Å². The third-order valence-electron chi connectivity index (χ3n) is 3.57. The van der Waals surface area contributed by atoms with Gasteiger partial charge in [-0.1, -0.05) is 31.2 Å². The summed E-state index contributed by atoms with van der Waals surface area (Å²) < 4.78 is 1.63. The Labute approximate surface area is 121 Å². The first kappa shape index (κ1) is 13.5. The quantitative estimate of drug-likeness (QED) is 0.745. The molecule has 5 heteroatoms. The summed E-state index contributed by atoms with van der Waals surface area (Å²) in [7, 11) is 0. The standard InChI is InChI=1S/C16H15N3O2/c1-2-11-3-5-13(6-4-11)15-16(18-21)19-8-7-12(10-20)9-14(19)17-15/h3-9,20H,2,10H2,1H3. The largest absolute Gasteiger partial charge is 0.392 e. The Balaban J connectivity index is 2.18. The van der Waals surface area contributed by atoms with Crippen LogP contribution in [-0.2, 0) is 13.0 Å². The highest BCUT2D eigenvalue weighted by molar-refractivity contribution is 5.74. The summed E-state index contributed by atoms with van der Waals surface area (Å²) in [6, 6.07) is 11.4. The average molecular weight is 281 g/mol. The lowest BCUT2D eigenvalue weighted by molar-refractivity contribution is 0.282. The minimum atomic E-state index is -0.0618. The number of aliphatic hydroxyl groups excluding tert-OH is 1. The second kappa shape index (κ2) is 5.46. The van der Waals surface area contributed by atoms with E-state index in [1.807, 2.05) is 24.3 Å². The van der Waals surface area contributed by atoms with Gasteiger partial charge in [0.25, 0.3) is 0 Å². The van der Waals surface area contributed by atoms with Crippen LogP contribution in [0.3, 0.4) is 0 Å². The molecular formula is C16H15N3O2. The van der Waals surface area contributed by atoms with E-state index in [1.165, 1.54) is 5.56 Å². The van der Waals surface area contributed by atoms with Gasteiger partial charge in [0, 0.05) is 11.8 Å². The highest BCUT2D eigenvalue weighted by Crippen LogP contribution is 2.31. The molecule has 0 bridgehead atoms. The Morgan fingerprint density at radius 2 is 1.95 bits per heavy atom. The zero-order valence-electron chi connectivity index (χ0n) is 11.7. The van der Waals surface area contributed by atoms with E-state index in [0.717, 1.165) is 17.5 Å². The van der Waals surface area contributed by atoms with Crippen LogP contribution < -0.4 is 0 Å². The molecule has 0 radical (unpaired) electrons. The van der Waals surface area contributed by atoms with Crippen LogP contribution in [0.2, 0.25) is 0 Å². The topological polar surface area (TPSA) is 67.0 Å². The summed E-state index contributed by atoms with van der Waals surface area (Å²) in [5, 5.41) is 12.3. The van der Waals surface area contributed by atoms with Gasteiger partial charge in [0.05, 0.1) is 6.61 Å². The Morgan fingerprint density at radius 1 is 1.19 bits per heavy atom. The molecule has 2 aromatic heterocycles. The monoisotopic (exact) mass is 281 g/mol. The number of hydrogen-bond donors (Lipinski definition) is 1. The molecule has 0 aliphatic carbocycles. The molecule has 0 spiro atoms. The van der Waals surface area contributed by atoms with E-state index < -0.39 is 0 Å². The minimum absolute atomic E-state index is 0.0618. The van der Waals surface area contributed by atoms with Gasteiger partial charge in [-0.15, -0.1) is 4.91 Å². The molecule has 1 N–H and O–H groups in total. The highest BCUT2D eigenvalue weighted by atomic mass is 16.3. The fraction of sp³-hybridized carbons (Fsp3) is 0.188. The van der Waals surface area contributed by atoms with Gasteiger partial charge in [-0.2, -0.15) is 0 Å². The normalized spacial score (nSPS) is 11.0. The van der Waals surface area contributed by atoms with E-state index in [9.17, 15) is 10.0 Å². The molecule has 0 aliphatic rings. The number of aryl methyl sites for hydroxylation is 1. The van der Waals surface area contributed by atoms with Crippen LogP contribution in [0.1, 0.15) is 18.1 Å². The first-order chi connectivity index (χ1) is 10.3. The van der Waals surface area contributed by atoms with Crippen molar-refractivity contribution < 1.29 is 5.11 Å². The Kier molecular flexibility index (Phi) is 3.50. The van der Waals surface area contributed by atoms with Crippen molar-refractivity contribution in [2.75, 3.05) is 0 Å². The smallest absolute Gasteiger partial charge is 0.209 e.